The lowest BCUT2D eigenvalue weighted by Gasteiger charge is -2.13. The summed E-state index contributed by atoms with van der Waals surface area (Å²) in [6, 6.07) is 57.3. The highest BCUT2D eigenvalue weighted by Gasteiger charge is 2.20. The van der Waals surface area contributed by atoms with Crippen LogP contribution >= 0.6 is 11.3 Å². The standard InChI is InChI=1S/C46H28N4S/c1-3-12-29(13-4-1)30-21-23-32(24-22-30)45-48-44(31-14-5-2-6-15-31)49-46(50-45)40-28-34(27-39-36-18-9-10-20-41(36)51-43(39)40)38-26-33-16-7-8-17-35(33)42-37(38)19-11-25-47-42/h1-28H. The lowest BCUT2D eigenvalue weighted by molar-refractivity contribution is 1.08. The van der Waals surface area contributed by atoms with E-state index in [9.17, 15) is 0 Å². The van der Waals surface area contributed by atoms with Gasteiger partial charge in [-0.2, -0.15) is 0 Å². The Hall–Kier alpha value is -6.56. The first-order chi connectivity index (χ1) is 25.3. The Bertz CT molecular complexity index is 2900. The zero-order chi connectivity index (χ0) is 33.7. The lowest BCUT2D eigenvalue weighted by atomic mass is 9.93. The van der Waals surface area contributed by atoms with Gasteiger partial charge in [0.15, 0.2) is 17.5 Å². The summed E-state index contributed by atoms with van der Waals surface area (Å²) in [7, 11) is 0. The van der Waals surface area contributed by atoms with Crippen LogP contribution in [0.15, 0.2) is 170 Å². The van der Waals surface area contributed by atoms with E-state index in [-0.39, 0.29) is 0 Å². The molecule has 7 aromatic carbocycles. The van der Waals surface area contributed by atoms with E-state index in [2.05, 4.69) is 133 Å². The van der Waals surface area contributed by atoms with Gasteiger partial charge in [0.05, 0.1) is 5.52 Å². The molecule has 0 bridgehead atoms. The number of hydrogen-bond acceptors (Lipinski definition) is 5. The predicted molar refractivity (Wildman–Crippen MR) is 213 cm³/mol. The molecule has 0 amide bonds. The molecule has 51 heavy (non-hydrogen) atoms. The minimum Gasteiger partial charge on any atom is -0.256 e. The van der Waals surface area contributed by atoms with Crippen LogP contribution in [0.5, 0.6) is 0 Å². The van der Waals surface area contributed by atoms with Crippen molar-refractivity contribution in [3.63, 3.8) is 0 Å². The van der Waals surface area contributed by atoms with E-state index in [1.165, 1.54) is 21.0 Å². The second-order valence-electron chi connectivity index (χ2n) is 12.7. The first-order valence-electron chi connectivity index (χ1n) is 17.0. The van der Waals surface area contributed by atoms with Crippen molar-refractivity contribution in [1.82, 2.24) is 19.9 Å². The van der Waals surface area contributed by atoms with Gasteiger partial charge in [-0.15, -0.1) is 11.3 Å². The van der Waals surface area contributed by atoms with Gasteiger partial charge in [-0.25, -0.2) is 15.0 Å². The number of benzene rings is 7. The summed E-state index contributed by atoms with van der Waals surface area (Å²) in [5.41, 5.74) is 8.40. The van der Waals surface area contributed by atoms with Gasteiger partial charge in [0.1, 0.15) is 0 Å². The van der Waals surface area contributed by atoms with Crippen LogP contribution in [-0.2, 0) is 0 Å². The van der Waals surface area contributed by atoms with E-state index >= 15 is 0 Å². The molecule has 3 aromatic heterocycles. The minimum absolute atomic E-state index is 0.637. The molecule has 0 aliphatic carbocycles. The summed E-state index contributed by atoms with van der Waals surface area (Å²) in [5.74, 6) is 1.92. The monoisotopic (exact) mass is 668 g/mol. The summed E-state index contributed by atoms with van der Waals surface area (Å²) in [5, 5.41) is 5.82. The normalized spacial score (nSPS) is 11.5. The van der Waals surface area contributed by atoms with Crippen LogP contribution in [0.25, 0.3) is 98.3 Å². The van der Waals surface area contributed by atoms with Crippen LogP contribution in [0.2, 0.25) is 0 Å². The number of rotatable bonds is 5. The third kappa shape index (κ3) is 5.14. The molecule has 238 valence electrons. The summed E-state index contributed by atoms with van der Waals surface area (Å²) in [6.07, 6.45) is 1.88. The molecule has 0 N–H and O–H groups in total. The van der Waals surface area contributed by atoms with Crippen LogP contribution < -0.4 is 0 Å². The molecule has 0 spiro atoms. The molecule has 5 heteroatoms. The Labute approximate surface area is 298 Å². The number of thiophene rings is 1. The van der Waals surface area contributed by atoms with E-state index in [1.807, 2.05) is 36.5 Å². The summed E-state index contributed by atoms with van der Waals surface area (Å²) in [4.78, 5) is 20.4. The van der Waals surface area contributed by atoms with Gasteiger partial charge >= 0.3 is 0 Å². The van der Waals surface area contributed by atoms with E-state index in [0.29, 0.717) is 17.5 Å². The Morgan fingerprint density at radius 1 is 0.373 bits per heavy atom. The van der Waals surface area contributed by atoms with Gasteiger partial charge in [-0.05, 0) is 58.0 Å². The fourth-order valence-corrected chi connectivity index (χ4v) is 8.27. The molecule has 0 radical (unpaired) electrons. The van der Waals surface area contributed by atoms with Crippen LogP contribution in [0.1, 0.15) is 0 Å². The van der Waals surface area contributed by atoms with Gasteiger partial charge < -0.3 is 0 Å². The van der Waals surface area contributed by atoms with E-state index in [0.717, 1.165) is 59.8 Å². The number of fused-ring (bicyclic) bond motifs is 6. The highest BCUT2D eigenvalue weighted by molar-refractivity contribution is 7.26. The molecule has 10 rings (SSSR count). The predicted octanol–water partition coefficient (Wildman–Crippen LogP) is 12.3. The van der Waals surface area contributed by atoms with Crippen molar-refractivity contribution in [2.24, 2.45) is 0 Å². The molecule has 0 saturated heterocycles. The average Bonchev–Trinajstić information content (AvgIpc) is 3.59. The maximum Gasteiger partial charge on any atom is 0.165 e. The van der Waals surface area contributed by atoms with Crippen molar-refractivity contribution >= 4 is 53.2 Å². The summed E-state index contributed by atoms with van der Waals surface area (Å²) in [6.45, 7) is 0. The average molecular weight is 669 g/mol. The highest BCUT2D eigenvalue weighted by atomic mass is 32.1. The van der Waals surface area contributed by atoms with Crippen molar-refractivity contribution < 1.29 is 0 Å². The van der Waals surface area contributed by atoms with Gasteiger partial charge in [-0.1, -0.05) is 133 Å². The maximum absolute atomic E-state index is 5.24. The minimum atomic E-state index is 0.637. The third-order valence-electron chi connectivity index (χ3n) is 9.56. The van der Waals surface area contributed by atoms with E-state index < -0.39 is 0 Å². The van der Waals surface area contributed by atoms with Crippen molar-refractivity contribution in [2.45, 2.75) is 0 Å². The molecule has 0 fully saturated rings. The van der Waals surface area contributed by atoms with Crippen molar-refractivity contribution in [1.29, 1.82) is 0 Å². The zero-order valence-electron chi connectivity index (χ0n) is 27.4. The second-order valence-corrected chi connectivity index (χ2v) is 13.7. The molecule has 4 nitrogen and oxygen atoms in total. The maximum atomic E-state index is 5.24. The van der Waals surface area contributed by atoms with Gasteiger partial charge in [0, 0.05) is 53.8 Å². The Kier molecular flexibility index (Phi) is 6.96. The Morgan fingerprint density at radius 3 is 1.75 bits per heavy atom. The Morgan fingerprint density at radius 2 is 0.961 bits per heavy atom. The van der Waals surface area contributed by atoms with E-state index in [1.54, 1.807) is 11.3 Å². The largest absolute Gasteiger partial charge is 0.256 e. The molecule has 3 heterocycles. The second kappa shape index (κ2) is 12.1. The van der Waals surface area contributed by atoms with Crippen molar-refractivity contribution in [3.8, 4) is 56.4 Å². The van der Waals surface area contributed by atoms with Crippen molar-refractivity contribution in [2.75, 3.05) is 0 Å². The molecule has 0 aliphatic rings. The Balaban J connectivity index is 1.24. The highest BCUT2D eigenvalue weighted by Crippen LogP contribution is 2.44. The van der Waals surface area contributed by atoms with Crippen LogP contribution in [0.3, 0.4) is 0 Å². The molecule has 0 atom stereocenters. The smallest absolute Gasteiger partial charge is 0.165 e. The fraction of sp³-hybridized carbons (Fsp3) is 0. The van der Waals surface area contributed by atoms with Gasteiger partial charge in [0.25, 0.3) is 0 Å². The van der Waals surface area contributed by atoms with Gasteiger partial charge in [-0.3, -0.25) is 4.98 Å². The van der Waals surface area contributed by atoms with Crippen LogP contribution in [0.4, 0.5) is 0 Å². The summed E-state index contributed by atoms with van der Waals surface area (Å²) >= 11 is 1.78. The van der Waals surface area contributed by atoms with Crippen LogP contribution in [-0.4, -0.2) is 19.9 Å². The first-order valence-corrected chi connectivity index (χ1v) is 17.8. The molecule has 10 aromatic rings. The van der Waals surface area contributed by atoms with E-state index in [4.69, 9.17) is 19.9 Å². The molecule has 0 unspecified atom stereocenters. The summed E-state index contributed by atoms with van der Waals surface area (Å²) < 4.78 is 2.38. The quantitative estimate of drug-likeness (QED) is 0.171. The third-order valence-corrected chi connectivity index (χ3v) is 10.8. The van der Waals surface area contributed by atoms with Crippen molar-refractivity contribution in [3.05, 3.63) is 170 Å². The topological polar surface area (TPSA) is 51.6 Å². The molecular weight excluding hydrogens is 641 g/mol. The number of aromatic nitrogens is 4. The number of pyridine rings is 1. The van der Waals surface area contributed by atoms with Gasteiger partial charge in [0.2, 0.25) is 0 Å². The number of hydrogen-bond donors (Lipinski definition) is 0. The molecular formula is C46H28N4S. The first kappa shape index (κ1) is 29.4. The zero-order valence-corrected chi connectivity index (χ0v) is 28.2. The fourth-order valence-electron chi connectivity index (χ4n) is 7.08. The number of nitrogens with zero attached hydrogens (tertiary/aromatic N) is 4. The molecule has 0 aliphatic heterocycles. The SMILES string of the molecule is c1ccc(-c2ccc(-c3nc(-c4ccccc4)nc(-c4cc(-c5cc6ccccc6c6ncccc56)cc5c4sc4ccccc45)n3)cc2)cc1. The lowest BCUT2D eigenvalue weighted by Crippen LogP contribution is -2.00. The van der Waals surface area contributed by atoms with Crippen LogP contribution in [0, 0.1) is 0 Å². The molecule has 0 saturated carbocycles.